The fourth-order valence-corrected chi connectivity index (χ4v) is 2.99. The number of hydrogen-bond acceptors (Lipinski definition) is 6. The van der Waals surface area contributed by atoms with Gasteiger partial charge in [0.1, 0.15) is 6.33 Å². The smallest absolute Gasteiger partial charge is 0.255 e. The molecule has 1 saturated heterocycles. The molecule has 0 saturated carbocycles. The van der Waals surface area contributed by atoms with Crippen molar-refractivity contribution in [3.63, 3.8) is 0 Å². The fraction of sp³-hybridized carbons (Fsp3) is 0.158. The van der Waals surface area contributed by atoms with Crippen molar-refractivity contribution in [2.75, 3.05) is 10.2 Å². The van der Waals surface area contributed by atoms with Gasteiger partial charge in [0.05, 0.1) is 11.4 Å². The van der Waals surface area contributed by atoms with Crippen LogP contribution in [-0.2, 0) is 9.59 Å². The molecule has 0 spiro atoms. The van der Waals surface area contributed by atoms with E-state index in [1.807, 2.05) is 19.1 Å². The number of amides is 3. The number of carbonyl (C=O) groups excluding carboxylic acids is 3. The largest absolute Gasteiger partial charge is 0.322 e. The van der Waals surface area contributed by atoms with E-state index >= 15 is 0 Å². The number of rotatable bonds is 4. The van der Waals surface area contributed by atoms with Gasteiger partial charge in [-0.05, 0) is 59.3 Å². The second-order valence-corrected chi connectivity index (χ2v) is 6.38. The van der Waals surface area contributed by atoms with Crippen LogP contribution in [0.4, 0.5) is 11.4 Å². The predicted molar refractivity (Wildman–Crippen MR) is 100 cm³/mol. The highest BCUT2D eigenvalue weighted by atomic mass is 16.2. The minimum absolute atomic E-state index is 0.220. The highest BCUT2D eigenvalue weighted by molar-refractivity contribution is 6.20. The second-order valence-electron chi connectivity index (χ2n) is 6.38. The maximum atomic E-state index is 12.6. The van der Waals surface area contributed by atoms with Gasteiger partial charge in [0.2, 0.25) is 11.8 Å². The summed E-state index contributed by atoms with van der Waals surface area (Å²) in [5.74, 6) is -0.753. The van der Waals surface area contributed by atoms with Crippen LogP contribution in [0.3, 0.4) is 0 Å². The zero-order chi connectivity index (χ0) is 19.7. The molecular formula is C19H16N6O3. The molecule has 4 rings (SSSR count). The van der Waals surface area contributed by atoms with E-state index in [0.29, 0.717) is 22.6 Å². The van der Waals surface area contributed by atoms with E-state index in [1.54, 1.807) is 30.3 Å². The van der Waals surface area contributed by atoms with Gasteiger partial charge in [-0.1, -0.05) is 6.07 Å². The van der Waals surface area contributed by atoms with Crippen molar-refractivity contribution in [1.29, 1.82) is 0 Å². The van der Waals surface area contributed by atoms with Gasteiger partial charge in [-0.25, -0.2) is 4.68 Å². The van der Waals surface area contributed by atoms with Crippen LogP contribution >= 0.6 is 0 Å². The van der Waals surface area contributed by atoms with Crippen molar-refractivity contribution >= 4 is 29.1 Å². The Labute approximate surface area is 160 Å². The van der Waals surface area contributed by atoms with Crippen molar-refractivity contribution in [3.8, 4) is 5.69 Å². The van der Waals surface area contributed by atoms with Crippen LogP contribution in [-0.4, -0.2) is 37.9 Å². The number of nitrogens with one attached hydrogen (secondary N) is 1. The molecule has 3 aromatic rings. The first-order valence-corrected chi connectivity index (χ1v) is 8.64. The standard InChI is InChI=1S/C19H16N6O3/c1-12-2-5-15(24-11-20-22-23-24)10-16(12)21-19(28)13-3-6-14(7-4-13)25-17(26)8-9-18(25)27/h2-7,10-11H,8-9H2,1H3,(H,21,28). The van der Waals surface area contributed by atoms with E-state index in [2.05, 4.69) is 20.8 Å². The molecule has 1 N–H and O–H groups in total. The molecule has 1 aromatic heterocycles. The average Bonchev–Trinajstić information content (AvgIpc) is 3.34. The lowest BCUT2D eigenvalue weighted by Crippen LogP contribution is -2.28. The summed E-state index contributed by atoms with van der Waals surface area (Å²) in [6.07, 6.45) is 1.91. The van der Waals surface area contributed by atoms with E-state index in [1.165, 1.54) is 11.0 Å². The molecular weight excluding hydrogens is 360 g/mol. The van der Waals surface area contributed by atoms with Gasteiger partial charge in [-0.3, -0.25) is 19.3 Å². The molecule has 9 heteroatoms. The molecule has 28 heavy (non-hydrogen) atoms. The van der Waals surface area contributed by atoms with Gasteiger partial charge in [0.15, 0.2) is 0 Å². The van der Waals surface area contributed by atoms with Gasteiger partial charge in [0.25, 0.3) is 5.91 Å². The molecule has 1 aliphatic rings. The number of imide groups is 1. The first kappa shape index (κ1) is 17.5. The number of anilines is 2. The normalized spacial score (nSPS) is 13.8. The average molecular weight is 376 g/mol. The summed E-state index contributed by atoms with van der Waals surface area (Å²) in [6.45, 7) is 1.88. The Morgan fingerprint density at radius 2 is 1.68 bits per heavy atom. The van der Waals surface area contributed by atoms with Crippen LogP contribution in [0.25, 0.3) is 5.69 Å². The number of hydrogen-bond donors (Lipinski definition) is 1. The third-order valence-corrected chi connectivity index (χ3v) is 4.52. The summed E-state index contributed by atoms with van der Waals surface area (Å²) in [4.78, 5) is 37.4. The summed E-state index contributed by atoms with van der Waals surface area (Å²) in [5, 5.41) is 13.9. The van der Waals surface area contributed by atoms with Gasteiger partial charge < -0.3 is 5.32 Å². The van der Waals surface area contributed by atoms with Crippen molar-refractivity contribution in [2.24, 2.45) is 0 Å². The Hall–Kier alpha value is -3.88. The lowest BCUT2D eigenvalue weighted by Gasteiger charge is -2.14. The van der Waals surface area contributed by atoms with Crippen molar-refractivity contribution in [3.05, 3.63) is 59.9 Å². The van der Waals surface area contributed by atoms with Gasteiger partial charge in [-0.15, -0.1) is 5.10 Å². The Balaban J connectivity index is 1.53. The molecule has 0 radical (unpaired) electrons. The summed E-state index contributed by atoms with van der Waals surface area (Å²) < 4.78 is 1.49. The van der Waals surface area contributed by atoms with Crippen LogP contribution in [0.15, 0.2) is 48.8 Å². The Morgan fingerprint density at radius 1 is 1.00 bits per heavy atom. The molecule has 0 unspecified atom stereocenters. The van der Waals surface area contributed by atoms with Crippen LogP contribution in [0.1, 0.15) is 28.8 Å². The van der Waals surface area contributed by atoms with Crippen LogP contribution in [0, 0.1) is 6.92 Å². The first-order chi connectivity index (χ1) is 13.5. The summed E-state index contributed by atoms with van der Waals surface area (Å²) in [6, 6.07) is 11.9. The number of nitrogens with zero attached hydrogens (tertiary/aromatic N) is 5. The molecule has 3 amide bonds. The minimum atomic E-state index is -0.303. The number of benzene rings is 2. The quantitative estimate of drug-likeness (QED) is 0.696. The van der Waals surface area contributed by atoms with E-state index in [9.17, 15) is 14.4 Å². The summed E-state index contributed by atoms with van der Waals surface area (Å²) >= 11 is 0. The number of aromatic nitrogens is 4. The highest BCUT2D eigenvalue weighted by Crippen LogP contribution is 2.24. The Morgan fingerprint density at radius 3 is 2.32 bits per heavy atom. The van der Waals surface area contributed by atoms with Crippen LogP contribution in [0.2, 0.25) is 0 Å². The van der Waals surface area contributed by atoms with E-state index in [4.69, 9.17) is 0 Å². The fourth-order valence-electron chi connectivity index (χ4n) is 2.99. The zero-order valence-electron chi connectivity index (χ0n) is 15.0. The minimum Gasteiger partial charge on any atom is -0.322 e. The maximum Gasteiger partial charge on any atom is 0.255 e. The predicted octanol–water partition coefficient (Wildman–Crippen LogP) is 1.88. The lowest BCUT2D eigenvalue weighted by molar-refractivity contribution is -0.121. The van der Waals surface area contributed by atoms with Crippen molar-refractivity contribution in [1.82, 2.24) is 20.2 Å². The van der Waals surface area contributed by atoms with E-state index in [0.717, 1.165) is 10.5 Å². The first-order valence-electron chi connectivity index (χ1n) is 8.64. The van der Waals surface area contributed by atoms with Gasteiger partial charge in [-0.2, -0.15) is 0 Å². The molecule has 140 valence electrons. The van der Waals surface area contributed by atoms with Crippen LogP contribution in [0.5, 0.6) is 0 Å². The molecule has 1 fully saturated rings. The summed E-state index contributed by atoms with van der Waals surface area (Å²) in [7, 11) is 0. The molecule has 2 aromatic carbocycles. The third kappa shape index (κ3) is 3.25. The molecule has 2 heterocycles. The van der Waals surface area contributed by atoms with E-state index < -0.39 is 0 Å². The second kappa shape index (κ2) is 7.03. The number of carbonyl (C=O) groups is 3. The highest BCUT2D eigenvalue weighted by Gasteiger charge is 2.30. The van der Waals surface area contributed by atoms with Crippen LogP contribution < -0.4 is 10.2 Å². The third-order valence-electron chi connectivity index (χ3n) is 4.52. The van der Waals surface area contributed by atoms with Crippen molar-refractivity contribution < 1.29 is 14.4 Å². The molecule has 9 nitrogen and oxygen atoms in total. The Kier molecular flexibility index (Phi) is 4.40. The number of aryl methyl sites for hydroxylation is 1. The molecule has 1 aliphatic heterocycles. The topological polar surface area (TPSA) is 110 Å². The van der Waals surface area contributed by atoms with Gasteiger partial charge >= 0.3 is 0 Å². The molecule has 0 bridgehead atoms. The Bertz CT molecular complexity index is 1040. The lowest BCUT2D eigenvalue weighted by atomic mass is 10.1. The molecule has 0 atom stereocenters. The molecule has 0 aliphatic carbocycles. The SMILES string of the molecule is Cc1ccc(-n2cnnn2)cc1NC(=O)c1ccc(N2C(=O)CCC2=O)cc1. The van der Waals surface area contributed by atoms with Crippen molar-refractivity contribution in [2.45, 2.75) is 19.8 Å². The zero-order valence-corrected chi connectivity index (χ0v) is 15.0. The summed E-state index contributed by atoms with van der Waals surface area (Å²) in [5.41, 5.74) is 3.12. The monoisotopic (exact) mass is 376 g/mol. The maximum absolute atomic E-state index is 12.6. The van der Waals surface area contributed by atoms with Gasteiger partial charge in [0, 0.05) is 24.1 Å². The number of tetrazole rings is 1. The van der Waals surface area contributed by atoms with E-state index in [-0.39, 0.29) is 30.6 Å².